The van der Waals surface area contributed by atoms with Gasteiger partial charge < -0.3 is 9.47 Å². The Bertz CT molecular complexity index is 1250. The zero-order valence-electron chi connectivity index (χ0n) is 16.3. The highest BCUT2D eigenvalue weighted by molar-refractivity contribution is 7.13. The van der Waals surface area contributed by atoms with E-state index >= 15 is 0 Å². The Balaban J connectivity index is 1.35. The summed E-state index contributed by atoms with van der Waals surface area (Å²) in [6, 6.07) is 15.4. The maximum atomic E-state index is 13.2. The summed E-state index contributed by atoms with van der Waals surface area (Å²) in [5.41, 5.74) is 2.93. The van der Waals surface area contributed by atoms with Gasteiger partial charge in [0.2, 0.25) is 0 Å². The average Bonchev–Trinajstić information content (AvgIpc) is 3.41. The van der Waals surface area contributed by atoms with Crippen LogP contribution in [0.25, 0.3) is 21.7 Å². The fourth-order valence-corrected chi connectivity index (χ4v) is 4.35. The molecule has 5 rings (SSSR count). The normalized spacial score (nSPS) is 14.0. The van der Waals surface area contributed by atoms with Crippen LogP contribution >= 0.6 is 11.3 Å². The Morgan fingerprint density at radius 3 is 2.63 bits per heavy atom. The molecule has 0 atom stereocenters. The Morgan fingerprint density at radius 1 is 1.10 bits per heavy atom. The Labute approximate surface area is 176 Å². The van der Waals surface area contributed by atoms with Crippen LogP contribution in [0.1, 0.15) is 16.4 Å². The molecule has 1 aliphatic heterocycles. The lowest BCUT2D eigenvalue weighted by molar-refractivity contribution is 0.0498. The van der Waals surface area contributed by atoms with Gasteiger partial charge in [-0.05, 0) is 11.4 Å². The van der Waals surface area contributed by atoms with Crippen molar-refractivity contribution in [1.29, 1.82) is 0 Å². The number of likely N-dealkylation sites (tertiary alicyclic amines) is 1. The van der Waals surface area contributed by atoms with Crippen LogP contribution in [0.15, 0.2) is 71.1 Å². The smallest absolute Gasteiger partial charge is 0.256 e. The third-order valence-electron chi connectivity index (χ3n) is 5.35. The average molecular weight is 417 g/mol. The number of amides is 1. The molecular formula is C22H19N5O2S. The summed E-state index contributed by atoms with van der Waals surface area (Å²) in [5.74, 6) is -0.0753. The highest BCUT2D eigenvalue weighted by Crippen LogP contribution is 2.30. The molecule has 4 heterocycles. The predicted molar refractivity (Wildman–Crippen MR) is 115 cm³/mol. The first kappa shape index (κ1) is 18.5. The van der Waals surface area contributed by atoms with Crippen LogP contribution in [0, 0.1) is 0 Å². The zero-order chi connectivity index (χ0) is 20.7. The lowest BCUT2D eigenvalue weighted by Gasteiger charge is -2.39. The second kappa shape index (κ2) is 7.38. The van der Waals surface area contributed by atoms with Gasteiger partial charge in [-0.3, -0.25) is 9.59 Å². The van der Waals surface area contributed by atoms with Crippen molar-refractivity contribution in [3.63, 3.8) is 0 Å². The monoisotopic (exact) mass is 417 g/mol. The van der Waals surface area contributed by atoms with E-state index in [0.29, 0.717) is 24.2 Å². The van der Waals surface area contributed by atoms with Gasteiger partial charge >= 0.3 is 0 Å². The minimum Gasteiger partial charge on any atom is -0.334 e. The van der Waals surface area contributed by atoms with Gasteiger partial charge in [0.05, 0.1) is 17.8 Å². The third kappa shape index (κ3) is 3.25. The van der Waals surface area contributed by atoms with Crippen molar-refractivity contribution in [2.45, 2.75) is 6.04 Å². The summed E-state index contributed by atoms with van der Waals surface area (Å²) in [6.07, 6.45) is 3.56. The fourth-order valence-electron chi connectivity index (χ4n) is 3.59. The minimum atomic E-state index is -0.132. The quantitative estimate of drug-likeness (QED) is 0.512. The number of hydrogen-bond donors (Lipinski definition) is 0. The first-order chi connectivity index (χ1) is 14.6. The number of aromatic nitrogens is 4. The molecule has 0 aliphatic carbocycles. The van der Waals surface area contributed by atoms with Crippen LogP contribution in [0.4, 0.5) is 0 Å². The predicted octanol–water partition coefficient (Wildman–Crippen LogP) is 3.07. The number of hydrogen-bond acceptors (Lipinski definition) is 5. The Hall–Kier alpha value is -3.52. The highest BCUT2D eigenvalue weighted by Gasteiger charge is 2.34. The lowest BCUT2D eigenvalue weighted by Crippen LogP contribution is -2.51. The van der Waals surface area contributed by atoms with Gasteiger partial charge in [0.15, 0.2) is 0 Å². The maximum Gasteiger partial charge on any atom is 0.256 e. The molecule has 1 aliphatic rings. The molecule has 3 aromatic heterocycles. The zero-order valence-corrected chi connectivity index (χ0v) is 17.1. The third-order valence-corrected chi connectivity index (χ3v) is 6.25. The molecule has 1 aromatic carbocycles. The molecule has 0 saturated carbocycles. The minimum absolute atomic E-state index is 0.0753. The van der Waals surface area contributed by atoms with Gasteiger partial charge in [0.1, 0.15) is 5.69 Å². The van der Waals surface area contributed by atoms with Crippen molar-refractivity contribution in [3.8, 4) is 21.7 Å². The molecule has 7 nitrogen and oxygen atoms in total. The van der Waals surface area contributed by atoms with E-state index in [0.717, 1.165) is 16.1 Å². The molecule has 150 valence electrons. The van der Waals surface area contributed by atoms with Crippen LogP contribution in [0.3, 0.4) is 0 Å². The molecule has 0 spiro atoms. The Morgan fingerprint density at radius 2 is 1.90 bits per heavy atom. The summed E-state index contributed by atoms with van der Waals surface area (Å²) >= 11 is 1.52. The lowest BCUT2D eigenvalue weighted by atomic mass is 10.0. The van der Waals surface area contributed by atoms with Crippen LogP contribution in [0.2, 0.25) is 0 Å². The summed E-state index contributed by atoms with van der Waals surface area (Å²) in [4.78, 5) is 28.0. The number of benzene rings is 1. The first-order valence-electron chi connectivity index (χ1n) is 9.61. The van der Waals surface area contributed by atoms with E-state index in [9.17, 15) is 9.59 Å². The van der Waals surface area contributed by atoms with Crippen molar-refractivity contribution < 1.29 is 4.79 Å². The van der Waals surface area contributed by atoms with Gasteiger partial charge in [-0.25, -0.2) is 4.68 Å². The summed E-state index contributed by atoms with van der Waals surface area (Å²) in [6.45, 7) is 1.12. The van der Waals surface area contributed by atoms with Gasteiger partial charge in [0, 0.05) is 48.4 Å². The molecule has 8 heteroatoms. The second-order valence-electron chi connectivity index (χ2n) is 7.34. The van der Waals surface area contributed by atoms with Gasteiger partial charge in [-0.2, -0.15) is 0 Å². The number of nitrogens with zero attached hydrogens (tertiary/aromatic N) is 5. The first-order valence-corrected chi connectivity index (χ1v) is 10.5. The van der Waals surface area contributed by atoms with E-state index in [2.05, 4.69) is 10.3 Å². The van der Waals surface area contributed by atoms with E-state index in [1.54, 1.807) is 24.2 Å². The van der Waals surface area contributed by atoms with Gasteiger partial charge in [-0.15, -0.1) is 16.4 Å². The van der Waals surface area contributed by atoms with Crippen molar-refractivity contribution in [2.75, 3.05) is 13.1 Å². The van der Waals surface area contributed by atoms with Crippen LogP contribution in [-0.4, -0.2) is 43.5 Å². The summed E-state index contributed by atoms with van der Waals surface area (Å²) < 4.78 is 3.28. The van der Waals surface area contributed by atoms with E-state index < -0.39 is 0 Å². The molecule has 0 unspecified atom stereocenters. The maximum absolute atomic E-state index is 13.2. The molecule has 1 fully saturated rings. The molecule has 0 bridgehead atoms. The Kier molecular flexibility index (Phi) is 4.55. The van der Waals surface area contributed by atoms with Crippen molar-refractivity contribution in [1.82, 2.24) is 24.5 Å². The second-order valence-corrected chi connectivity index (χ2v) is 8.29. The van der Waals surface area contributed by atoms with E-state index in [4.69, 9.17) is 0 Å². The van der Waals surface area contributed by atoms with E-state index in [1.165, 1.54) is 15.9 Å². The fraction of sp³-hybridized carbons (Fsp3) is 0.182. The summed E-state index contributed by atoms with van der Waals surface area (Å²) in [7, 11) is 1.66. The van der Waals surface area contributed by atoms with Crippen LogP contribution < -0.4 is 5.56 Å². The number of pyridine rings is 1. The number of aryl methyl sites for hydroxylation is 1. The van der Waals surface area contributed by atoms with Crippen molar-refractivity contribution >= 4 is 17.2 Å². The standard InChI is InChI=1S/C22H19N5O2S/c1-25-13-18(17(10-21(25)28)20-8-5-9-30-20)22(29)26-11-16(12-26)27-14-19(23-24-27)15-6-3-2-4-7-15/h2-10,13-14,16H,11-12H2,1H3. The highest BCUT2D eigenvalue weighted by atomic mass is 32.1. The molecular weight excluding hydrogens is 398 g/mol. The number of thiophene rings is 1. The molecule has 0 N–H and O–H groups in total. The molecule has 1 amide bonds. The molecule has 4 aromatic rings. The molecule has 30 heavy (non-hydrogen) atoms. The number of carbonyl (C=O) groups excluding carboxylic acids is 1. The summed E-state index contributed by atoms with van der Waals surface area (Å²) in [5, 5.41) is 10.4. The SMILES string of the molecule is Cn1cc(C(=O)N2CC(n3cc(-c4ccccc4)nn3)C2)c(-c2cccs2)cc1=O. The van der Waals surface area contributed by atoms with Crippen molar-refractivity contribution in [2.24, 2.45) is 7.05 Å². The van der Waals surface area contributed by atoms with E-state index in [-0.39, 0.29) is 17.5 Å². The molecule has 1 saturated heterocycles. The van der Waals surface area contributed by atoms with Crippen molar-refractivity contribution in [3.05, 3.63) is 82.2 Å². The number of carbonyl (C=O) groups is 1. The molecule has 0 radical (unpaired) electrons. The largest absolute Gasteiger partial charge is 0.334 e. The van der Waals surface area contributed by atoms with Crippen LogP contribution in [0.5, 0.6) is 0 Å². The van der Waals surface area contributed by atoms with Gasteiger partial charge in [-0.1, -0.05) is 41.6 Å². The van der Waals surface area contributed by atoms with Crippen LogP contribution in [-0.2, 0) is 7.05 Å². The topological polar surface area (TPSA) is 73.0 Å². The number of rotatable bonds is 4. The van der Waals surface area contributed by atoms with E-state index in [1.807, 2.05) is 58.7 Å². The van der Waals surface area contributed by atoms with Gasteiger partial charge in [0.25, 0.3) is 11.5 Å².